The largest absolute Gasteiger partial charge is 0.452 e. The van der Waals surface area contributed by atoms with Crippen LogP contribution < -0.4 is 5.32 Å². The molecule has 0 aliphatic carbocycles. The lowest BCUT2D eigenvalue weighted by Crippen LogP contribution is -2.29. The van der Waals surface area contributed by atoms with Gasteiger partial charge >= 0.3 is 5.97 Å². The molecule has 0 unspecified atom stereocenters. The monoisotopic (exact) mass is 474 g/mol. The maximum absolute atomic E-state index is 12.7. The van der Waals surface area contributed by atoms with E-state index in [4.69, 9.17) is 4.74 Å². The number of likely N-dealkylation sites (tertiary alicyclic amines) is 1. The fraction of sp³-hybridized carbons (Fsp3) is 0.222. The molecule has 6 nitrogen and oxygen atoms in total. The molecule has 7 heteroatoms. The van der Waals surface area contributed by atoms with Crippen LogP contribution in [0.25, 0.3) is 11.1 Å². The van der Waals surface area contributed by atoms with Gasteiger partial charge in [0.2, 0.25) is 5.91 Å². The first-order valence-electron chi connectivity index (χ1n) is 11.2. The molecule has 0 saturated carbocycles. The number of ether oxygens (including phenoxy) is 1. The summed E-state index contributed by atoms with van der Waals surface area (Å²) < 4.78 is 5.30. The van der Waals surface area contributed by atoms with Crippen LogP contribution in [0.1, 0.15) is 23.2 Å². The Morgan fingerprint density at radius 2 is 1.53 bits per heavy atom. The highest BCUT2D eigenvalue weighted by atomic mass is 32.2. The Morgan fingerprint density at radius 3 is 2.32 bits per heavy atom. The van der Waals surface area contributed by atoms with E-state index in [2.05, 4.69) is 5.32 Å². The van der Waals surface area contributed by atoms with Crippen LogP contribution >= 0.6 is 11.8 Å². The van der Waals surface area contributed by atoms with E-state index < -0.39 is 18.5 Å². The number of para-hydroxylation sites is 1. The number of benzene rings is 3. The van der Waals surface area contributed by atoms with Gasteiger partial charge in [-0.05, 0) is 36.6 Å². The van der Waals surface area contributed by atoms with Gasteiger partial charge in [-0.3, -0.25) is 9.59 Å². The first-order chi connectivity index (χ1) is 16.6. The number of hydrogen-bond donors (Lipinski definition) is 1. The van der Waals surface area contributed by atoms with Crippen molar-refractivity contribution < 1.29 is 19.1 Å². The minimum Gasteiger partial charge on any atom is -0.452 e. The Hall–Kier alpha value is -3.58. The average molecular weight is 475 g/mol. The zero-order valence-electron chi connectivity index (χ0n) is 18.7. The Balaban J connectivity index is 1.35. The van der Waals surface area contributed by atoms with E-state index >= 15 is 0 Å². The van der Waals surface area contributed by atoms with Crippen LogP contribution in [0.5, 0.6) is 0 Å². The summed E-state index contributed by atoms with van der Waals surface area (Å²) in [4.78, 5) is 40.1. The van der Waals surface area contributed by atoms with E-state index in [0.29, 0.717) is 16.1 Å². The fourth-order valence-corrected chi connectivity index (χ4v) is 4.76. The van der Waals surface area contributed by atoms with Gasteiger partial charge < -0.3 is 15.0 Å². The summed E-state index contributed by atoms with van der Waals surface area (Å²) in [6, 6.07) is 24.2. The first-order valence-corrected chi connectivity index (χ1v) is 12.2. The highest BCUT2D eigenvalue weighted by Gasteiger charge is 2.20. The van der Waals surface area contributed by atoms with Gasteiger partial charge in [0, 0.05) is 29.2 Å². The molecule has 1 N–H and O–H groups in total. The first kappa shape index (κ1) is 23.6. The molecule has 34 heavy (non-hydrogen) atoms. The number of rotatable bonds is 8. The smallest absolute Gasteiger partial charge is 0.339 e. The van der Waals surface area contributed by atoms with Crippen molar-refractivity contribution in [2.24, 2.45) is 0 Å². The zero-order chi connectivity index (χ0) is 23.8. The molecule has 1 aliphatic heterocycles. The molecule has 3 aromatic rings. The summed E-state index contributed by atoms with van der Waals surface area (Å²) in [7, 11) is 0. The third-order valence-corrected chi connectivity index (χ3v) is 6.60. The van der Waals surface area contributed by atoms with Gasteiger partial charge in [-0.25, -0.2) is 4.79 Å². The second kappa shape index (κ2) is 11.5. The lowest BCUT2D eigenvalue weighted by atomic mass is 10.0. The number of carbonyl (C=O) groups excluding carboxylic acids is 3. The molecule has 0 atom stereocenters. The van der Waals surface area contributed by atoms with E-state index in [1.807, 2.05) is 65.6 Å². The number of nitrogens with one attached hydrogen (secondary N) is 1. The summed E-state index contributed by atoms with van der Waals surface area (Å²) in [5.41, 5.74) is 2.85. The summed E-state index contributed by atoms with van der Waals surface area (Å²) in [6.07, 6.45) is 2.08. The average Bonchev–Trinajstić information content (AvgIpc) is 3.42. The van der Waals surface area contributed by atoms with Gasteiger partial charge in [0.15, 0.2) is 6.61 Å². The quantitative estimate of drug-likeness (QED) is 0.373. The van der Waals surface area contributed by atoms with Crippen LogP contribution in [0.15, 0.2) is 83.8 Å². The molecule has 1 saturated heterocycles. The summed E-state index contributed by atoms with van der Waals surface area (Å²) in [6.45, 7) is 1.19. The predicted octanol–water partition coefficient (Wildman–Crippen LogP) is 4.86. The van der Waals surface area contributed by atoms with Gasteiger partial charge in [-0.15, -0.1) is 11.8 Å². The van der Waals surface area contributed by atoms with Crippen molar-refractivity contribution in [3.8, 4) is 11.1 Å². The minimum atomic E-state index is -0.594. The predicted molar refractivity (Wildman–Crippen MR) is 134 cm³/mol. The fourth-order valence-electron chi connectivity index (χ4n) is 3.82. The zero-order valence-corrected chi connectivity index (χ0v) is 19.6. The summed E-state index contributed by atoms with van der Waals surface area (Å²) in [5.74, 6) is -0.683. The van der Waals surface area contributed by atoms with Crippen molar-refractivity contribution in [3.63, 3.8) is 0 Å². The number of thioether (sulfide) groups is 1. The maximum Gasteiger partial charge on any atom is 0.339 e. The van der Waals surface area contributed by atoms with Gasteiger partial charge in [0.25, 0.3) is 5.91 Å². The van der Waals surface area contributed by atoms with Crippen molar-refractivity contribution >= 4 is 35.2 Å². The molecule has 2 amide bonds. The number of hydrogen-bond acceptors (Lipinski definition) is 5. The van der Waals surface area contributed by atoms with E-state index in [1.54, 1.807) is 18.2 Å². The van der Waals surface area contributed by atoms with Crippen molar-refractivity contribution in [2.45, 2.75) is 17.7 Å². The highest BCUT2D eigenvalue weighted by molar-refractivity contribution is 8.00. The van der Waals surface area contributed by atoms with Gasteiger partial charge in [0.1, 0.15) is 0 Å². The molecule has 1 heterocycles. The molecule has 1 aliphatic rings. The third kappa shape index (κ3) is 6.05. The molecular formula is C27H26N2O4S. The normalized spacial score (nSPS) is 12.9. The van der Waals surface area contributed by atoms with E-state index in [1.165, 1.54) is 11.8 Å². The Labute approximate surface area is 203 Å². The molecule has 174 valence electrons. The molecule has 0 spiro atoms. The van der Waals surface area contributed by atoms with E-state index in [0.717, 1.165) is 37.1 Å². The lowest BCUT2D eigenvalue weighted by Gasteiger charge is -2.15. The maximum atomic E-state index is 12.7. The number of carbonyl (C=O) groups is 3. The van der Waals surface area contributed by atoms with Crippen molar-refractivity contribution in [3.05, 3.63) is 84.4 Å². The number of anilines is 1. The third-order valence-electron chi connectivity index (χ3n) is 5.54. The van der Waals surface area contributed by atoms with Crippen molar-refractivity contribution in [2.75, 3.05) is 30.8 Å². The van der Waals surface area contributed by atoms with Crippen LogP contribution in [-0.4, -0.2) is 48.1 Å². The lowest BCUT2D eigenvalue weighted by molar-refractivity contribution is -0.127. The topological polar surface area (TPSA) is 75.7 Å². The number of amides is 2. The number of nitrogens with zero attached hydrogens (tertiary/aromatic N) is 1. The highest BCUT2D eigenvalue weighted by Crippen LogP contribution is 2.28. The van der Waals surface area contributed by atoms with Crippen LogP contribution in [0.2, 0.25) is 0 Å². The van der Waals surface area contributed by atoms with Crippen molar-refractivity contribution in [1.82, 2.24) is 4.90 Å². The standard InChI is InChI=1S/C27H26N2O4S/c30-25(28-23-14-6-4-12-21(23)20-10-2-1-3-11-20)18-33-27(32)22-13-5-7-15-24(22)34-19-26(31)29-16-8-9-17-29/h1-7,10-15H,8-9,16-19H2,(H,28,30). The Morgan fingerprint density at radius 1 is 0.853 bits per heavy atom. The summed E-state index contributed by atoms with van der Waals surface area (Å²) >= 11 is 1.31. The molecule has 0 aromatic heterocycles. The molecule has 4 rings (SSSR count). The Kier molecular flexibility index (Phi) is 7.99. The van der Waals surface area contributed by atoms with E-state index in [-0.39, 0.29) is 11.7 Å². The second-order valence-corrected chi connectivity index (χ2v) is 8.93. The molecule has 0 bridgehead atoms. The van der Waals surface area contributed by atoms with Crippen LogP contribution in [0, 0.1) is 0 Å². The Bertz CT molecular complexity index is 1160. The van der Waals surface area contributed by atoms with Crippen LogP contribution in [0.3, 0.4) is 0 Å². The second-order valence-electron chi connectivity index (χ2n) is 7.91. The minimum absolute atomic E-state index is 0.0714. The van der Waals surface area contributed by atoms with Gasteiger partial charge in [-0.2, -0.15) is 0 Å². The summed E-state index contributed by atoms with van der Waals surface area (Å²) in [5, 5.41) is 2.83. The molecular weight excluding hydrogens is 448 g/mol. The molecule has 3 aromatic carbocycles. The van der Waals surface area contributed by atoms with Crippen molar-refractivity contribution in [1.29, 1.82) is 0 Å². The SMILES string of the molecule is O=C(COC(=O)c1ccccc1SCC(=O)N1CCCC1)Nc1ccccc1-c1ccccc1. The molecule has 1 fully saturated rings. The van der Waals surface area contributed by atoms with Crippen LogP contribution in [0.4, 0.5) is 5.69 Å². The van der Waals surface area contributed by atoms with E-state index in [9.17, 15) is 14.4 Å². The molecule has 0 radical (unpaired) electrons. The number of esters is 1. The van der Waals surface area contributed by atoms with Gasteiger partial charge in [0.05, 0.1) is 11.3 Å². The van der Waals surface area contributed by atoms with Crippen LogP contribution in [-0.2, 0) is 14.3 Å². The van der Waals surface area contributed by atoms with Gasteiger partial charge in [-0.1, -0.05) is 60.7 Å².